The molecule has 0 aliphatic carbocycles. The van der Waals surface area contributed by atoms with Crippen LogP contribution in [0.15, 0.2) is 36.5 Å². The van der Waals surface area contributed by atoms with Crippen LogP contribution in [0.3, 0.4) is 0 Å². The Morgan fingerprint density at radius 3 is 1.65 bits per heavy atom. The van der Waals surface area contributed by atoms with Crippen LogP contribution in [0.4, 0.5) is 0 Å². The number of esters is 2. The van der Waals surface area contributed by atoms with Crippen LogP contribution < -0.4 is 0 Å². The summed E-state index contributed by atoms with van der Waals surface area (Å²) in [6, 6.07) is 0. The molecule has 3 N–H and O–H groups in total. The van der Waals surface area contributed by atoms with E-state index in [-0.39, 0.29) is 19.4 Å². The van der Waals surface area contributed by atoms with Crippen molar-refractivity contribution in [3.63, 3.8) is 0 Å². The topological polar surface area (TPSA) is 149 Å². The van der Waals surface area contributed by atoms with Gasteiger partial charge in [-0.05, 0) is 64.2 Å². The molecule has 0 fully saturated rings. The number of hydrogen-bond donors (Lipinski definition) is 3. The molecule has 1 unspecified atom stereocenters. The highest BCUT2D eigenvalue weighted by atomic mass is 31.2. The number of allylic oxidation sites excluding steroid dienone is 6. The lowest BCUT2D eigenvalue weighted by atomic mass is 10.1. The van der Waals surface area contributed by atoms with Crippen molar-refractivity contribution in [2.75, 3.05) is 26.4 Å². The van der Waals surface area contributed by atoms with E-state index in [2.05, 4.69) is 54.8 Å². The Kier molecular flexibility index (Phi) is 33.4. The first-order valence-corrected chi connectivity index (χ1v) is 20.4. The van der Waals surface area contributed by atoms with Crippen molar-refractivity contribution in [3.05, 3.63) is 36.5 Å². The Morgan fingerprint density at radius 2 is 1.08 bits per heavy atom. The van der Waals surface area contributed by atoms with Gasteiger partial charge in [0, 0.05) is 12.8 Å². The minimum absolute atomic E-state index is 0.170. The molecule has 0 aromatic rings. The molecule has 0 saturated carbocycles. The molecule has 0 aliphatic heterocycles. The molecule has 286 valence electrons. The third-order valence-corrected chi connectivity index (χ3v) is 8.72. The molecule has 0 spiro atoms. The third-order valence-electron chi connectivity index (χ3n) is 7.77. The summed E-state index contributed by atoms with van der Waals surface area (Å²) in [6.45, 7) is 2.26. The normalized spacial score (nSPS) is 14.5. The minimum Gasteiger partial charge on any atom is -0.462 e. The van der Waals surface area contributed by atoms with E-state index in [0.717, 1.165) is 83.5 Å². The second-order valence-corrected chi connectivity index (χ2v) is 14.0. The van der Waals surface area contributed by atoms with E-state index < -0.39 is 51.8 Å². The van der Waals surface area contributed by atoms with Crippen molar-refractivity contribution in [1.82, 2.24) is 0 Å². The quantitative estimate of drug-likeness (QED) is 0.0251. The number of carbonyl (C=O) groups excluding carboxylic acids is 2. The first kappa shape index (κ1) is 47.2. The summed E-state index contributed by atoms with van der Waals surface area (Å²) < 4.78 is 32.5. The number of unbranched alkanes of at least 4 members (excludes halogenated alkanes) is 15. The number of ether oxygens (including phenoxy) is 2. The van der Waals surface area contributed by atoms with Crippen molar-refractivity contribution in [1.29, 1.82) is 0 Å². The van der Waals surface area contributed by atoms with Gasteiger partial charge in [0.2, 0.25) is 0 Å². The lowest BCUT2D eigenvalue weighted by Gasteiger charge is -2.20. The van der Waals surface area contributed by atoms with E-state index in [0.29, 0.717) is 12.8 Å². The summed E-state index contributed by atoms with van der Waals surface area (Å²) in [5.41, 5.74) is 0. The zero-order chi connectivity index (χ0) is 36.3. The van der Waals surface area contributed by atoms with E-state index >= 15 is 0 Å². The first-order chi connectivity index (χ1) is 23.7. The summed E-state index contributed by atoms with van der Waals surface area (Å²) >= 11 is 0. The lowest BCUT2D eigenvalue weighted by Crippen LogP contribution is -2.29. The molecule has 0 heterocycles. The highest BCUT2D eigenvalue weighted by Gasteiger charge is 2.27. The molecule has 0 bridgehead atoms. The third kappa shape index (κ3) is 34.4. The summed E-state index contributed by atoms with van der Waals surface area (Å²) in [5.74, 6) is -0.955. The van der Waals surface area contributed by atoms with Crippen molar-refractivity contribution in [2.45, 2.75) is 167 Å². The number of carbonyl (C=O) groups is 2. The number of phosphoric ester groups is 1. The molecule has 0 amide bonds. The van der Waals surface area contributed by atoms with Crippen LogP contribution in [0.2, 0.25) is 0 Å². The predicted molar refractivity (Wildman–Crippen MR) is 196 cm³/mol. The Labute approximate surface area is 297 Å². The van der Waals surface area contributed by atoms with E-state index in [1.165, 1.54) is 32.1 Å². The Hall–Kier alpha value is -1.81. The molecule has 49 heavy (non-hydrogen) atoms. The SMILES string of the molecule is CCCC/C=C/C/C=C/CCCCCCCC(=O)OC[C@H](COP(=O)(O)OC[C@@H](O)CO)OC(=O)CCCCCCC/C=C/CCCCC. The number of phosphoric acid groups is 1. The molecule has 0 aliphatic rings. The van der Waals surface area contributed by atoms with E-state index in [1.54, 1.807) is 0 Å². The second-order valence-electron chi connectivity index (χ2n) is 12.6. The number of aliphatic hydroxyl groups excluding tert-OH is 2. The van der Waals surface area contributed by atoms with Gasteiger partial charge in [0.05, 0.1) is 19.8 Å². The van der Waals surface area contributed by atoms with Crippen LogP contribution in [0, 0.1) is 0 Å². The second kappa shape index (κ2) is 34.6. The van der Waals surface area contributed by atoms with Crippen LogP contribution in [0.1, 0.15) is 155 Å². The van der Waals surface area contributed by atoms with Gasteiger partial charge in [0.1, 0.15) is 12.7 Å². The van der Waals surface area contributed by atoms with Gasteiger partial charge >= 0.3 is 19.8 Å². The highest BCUT2D eigenvalue weighted by molar-refractivity contribution is 7.47. The van der Waals surface area contributed by atoms with Gasteiger partial charge in [-0.15, -0.1) is 0 Å². The first-order valence-electron chi connectivity index (χ1n) is 18.9. The largest absolute Gasteiger partial charge is 0.472 e. The Bertz CT molecular complexity index is 920. The van der Waals surface area contributed by atoms with Crippen LogP contribution in [0.5, 0.6) is 0 Å². The van der Waals surface area contributed by atoms with Crippen molar-refractivity contribution in [2.24, 2.45) is 0 Å². The van der Waals surface area contributed by atoms with Crippen LogP contribution >= 0.6 is 7.82 Å². The molecule has 10 nitrogen and oxygen atoms in total. The smallest absolute Gasteiger partial charge is 0.462 e. The van der Waals surface area contributed by atoms with E-state index in [4.69, 9.17) is 19.1 Å². The molecule has 0 saturated heterocycles. The van der Waals surface area contributed by atoms with Crippen molar-refractivity contribution in [3.8, 4) is 0 Å². The summed E-state index contributed by atoms with van der Waals surface area (Å²) in [4.78, 5) is 34.8. The molecule has 0 radical (unpaired) electrons. The average molecular weight is 717 g/mol. The fourth-order valence-corrected chi connectivity index (χ4v) is 5.56. The fraction of sp³-hybridized carbons (Fsp3) is 0.789. The molecule has 11 heteroatoms. The van der Waals surface area contributed by atoms with E-state index in [1.807, 2.05) is 0 Å². The van der Waals surface area contributed by atoms with Gasteiger partial charge in [-0.1, -0.05) is 115 Å². The summed E-state index contributed by atoms with van der Waals surface area (Å²) in [5, 5.41) is 18.3. The van der Waals surface area contributed by atoms with Gasteiger partial charge < -0.3 is 24.6 Å². The Balaban J connectivity index is 4.41. The fourth-order valence-electron chi connectivity index (χ4n) is 4.77. The lowest BCUT2D eigenvalue weighted by molar-refractivity contribution is -0.161. The molecule has 0 aromatic heterocycles. The maximum atomic E-state index is 12.5. The van der Waals surface area contributed by atoms with Gasteiger partial charge in [-0.2, -0.15) is 0 Å². The monoisotopic (exact) mass is 716 g/mol. The van der Waals surface area contributed by atoms with Gasteiger partial charge in [0.25, 0.3) is 0 Å². The molecular formula is C38H69O10P. The van der Waals surface area contributed by atoms with Crippen LogP contribution in [-0.2, 0) is 32.7 Å². The minimum atomic E-state index is -4.61. The molecule has 3 atom stereocenters. The number of aliphatic hydroxyl groups is 2. The number of rotatable bonds is 35. The molecule has 0 aromatic carbocycles. The van der Waals surface area contributed by atoms with Crippen LogP contribution in [0.25, 0.3) is 0 Å². The van der Waals surface area contributed by atoms with Crippen molar-refractivity contribution >= 4 is 19.8 Å². The maximum Gasteiger partial charge on any atom is 0.472 e. The maximum absolute atomic E-state index is 12.5. The zero-order valence-corrected chi connectivity index (χ0v) is 31.5. The summed E-state index contributed by atoms with van der Waals surface area (Å²) in [7, 11) is -4.61. The highest BCUT2D eigenvalue weighted by Crippen LogP contribution is 2.43. The standard InChI is InChI=1S/C38H69O10P/c1-3-5-7-9-11-13-15-17-18-20-21-23-25-27-29-37(41)45-33-36(34-47-49(43,44)46-32-35(40)31-39)48-38(42)30-28-26-24-22-19-16-14-12-10-8-6-4-2/h9,11-12,14-15,17,35-36,39-40H,3-8,10,13,16,18-34H2,1-2H3,(H,43,44)/b11-9+,14-12+,17-15+/t35-,36+/m0/s1. The summed E-state index contributed by atoms with van der Waals surface area (Å²) in [6.07, 6.45) is 32.5. The van der Waals surface area contributed by atoms with Gasteiger partial charge in [-0.3, -0.25) is 18.6 Å². The zero-order valence-electron chi connectivity index (χ0n) is 30.7. The average Bonchev–Trinajstić information content (AvgIpc) is 3.09. The van der Waals surface area contributed by atoms with Gasteiger partial charge in [-0.25, -0.2) is 4.57 Å². The Morgan fingerprint density at radius 1 is 0.612 bits per heavy atom. The predicted octanol–water partition coefficient (Wildman–Crippen LogP) is 9.22. The van der Waals surface area contributed by atoms with Crippen molar-refractivity contribution < 1.29 is 47.8 Å². The molecule has 0 rings (SSSR count). The van der Waals surface area contributed by atoms with Crippen LogP contribution in [-0.4, -0.2) is 65.7 Å². The van der Waals surface area contributed by atoms with E-state index in [9.17, 15) is 24.2 Å². The molecular weight excluding hydrogens is 647 g/mol. The number of hydrogen-bond acceptors (Lipinski definition) is 9. The van der Waals surface area contributed by atoms with Gasteiger partial charge in [0.15, 0.2) is 6.10 Å².